The van der Waals surface area contributed by atoms with Gasteiger partial charge in [-0.2, -0.15) is 0 Å². The molecule has 6 aliphatic rings. The lowest BCUT2D eigenvalue weighted by molar-refractivity contribution is -0.153. The van der Waals surface area contributed by atoms with E-state index in [0.717, 1.165) is 42.5 Å². The molecule has 0 aromatic carbocycles. The highest BCUT2D eigenvalue weighted by molar-refractivity contribution is 6.24. The van der Waals surface area contributed by atoms with Gasteiger partial charge in [-0.05, 0) is 107 Å². The molecular formula is C36H48N2O4. The van der Waals surface area contributed by atoms with Gasteiger partial charge in [0.05, 0.1) is 22.8 Å². The molecular weight excluding hydrogens is 524 g/mol. The number of cyclic esters (lactones) is 1. The predicted molar refractivity (Wildman–Crippen MR) is 162 cm³/mol. The lowest BCUT2D eigenvalue weighted by atomic mass is 9.43. The van der Waals surface area contributed by atoms with E-state index < -0.39 is 5.41 Å². The van der Waals surface area contributed by atoms with Gasteiger partial charge in [-0.15, -0.1) is 0 Å². The summed E-state index contributed by atoms with van der Waals surface area (Å²) in [4.78, 5) is 34.3. The van der Waals surface area contributed by atoms with Gasteiger partial charge in [-0.1, -0.05) is 38.5 Å². The number of ether oxygens (including phenoxy) is 2. The Labute approximate surface area is 251 Å². The van der Waals surface area contributed by atoms with Crippen LogP contribution in [0.4, 0.5) is 0 Å². The van der Waals surface area contributed by atoms with Gasteiger partial charge in [0.15, 0.2) is 5.78 Å². The van der Waals surface area contributed by atoms with Gasteiger partial charge in [-0.3, -0.25) is 9.78 Å². The Morgan fingerprint density at radius 3 is 2.60 bits per heavy atom. The monoisotopic (exact) mass is 572 g/mol. The Hall–Kier alpha value is -2.31. The first-order chi connectivity index (χ1) is 19.9. The third-order valence-corrected chi connectivity index (χ3v) is 13.3. The topological polar surface area (TPSA) is 72.0 Å². The lowest BCUT2D eigenvalue weighted by Crippen LogP contribution is -2.62. The number of rotatable bonds is 5. The van der Waals surface area contributed by atoms with E-state index in [-0.39, 0.29) is 40.9 Å². The molecule has 3 heterocycles. The SMILES string of the molecule is CC1=C(CN(C)C)C(=O)O[C@@H]([C@@H](C)C2CCC3[C@@H]4C[C@H]5O[C@]56[C@@H](C)C=C(c5ccccn5)C(=O)[C@]6(C)C4CC[C@@]32C)C1. The maximum absolute atomic E-state index is 14.6. The molecule has 0 radical (unpaired) electrons. The van der Waals surface area contributed by atoms with Crippen LogP contribution in [0.3, 0.4) is 0 Å². The molecule has 4 fully saturated rings. The van der Waals surface area contributed by atoms with Crippen LogP contribution in [0, 0.1) is 46.3 Å². The average molecular weight is 573 g/mol. The number of Topliss-reactive ketones (excluding diaryl/α,β-unsaturated/α-hetero) is 1. The first-order valence-electron chi connectivity index (χ1n) is 16.3. The van der Waals surface area contributed by atoms with Crippen LogP contribution in [0.5, 0.6) is 0 Å². The first-order valence-corrected chi connectivity index (χ1v) is 16.3. The van der Waals surface area contributed by atoms with Crippen LogP contribution in [0.15, 0.2) is 41.6 Å². The van der Waals surface area contributed by atoms with Crippen molar-refractivity contribution in [1.29, 1.82) is 0 Å². The third-order valence-electron chi connectivity index (χ3n) is 13.3. The van der Waals surface area contributed by atoms with Crippen molar-refractivity contribution in [3.8, 4) is 0 Å². The summed E-state index contributed by atoms with van der Waals surface area (Å²) in [7, 11) is 4.00. The molecule has 0 N–H and O–H groups in total. The van der Waals surface area contributed by atoms with Crippen LogP contribution >= 0.6 is 0 Å². The highest BCUT2D eigenvalue weighted by atomic mass is 16.6. The second-order valence-electron chi connectivity index (χ2n) is 15.4. The second kappa shape index (κ2) is 9.59. The molecule has 6 heteroatoms. The Balaban J connectivity index is 1.16. The molecule has 1 aromatic heterocycles. The lowest BCUT2D eigenvalue weighted by Gasteiger charge is -2.59. The van der Waals surface area contributed by atoms with Crippen molar-refractivity contribution in [2.75, 3.05) is 20.6 Å². The fourth-order valence-electron chi connectivity index (χ4n) is 11.2. The molecule has 0 amide bonds. The number of epoxide rings is 1. The third kappa shape index (κ3) is 3.73. The van der Waals surface area contributed by atoms with Crippen molar-refractivity contribution >= 4 is 17.3 Å². The predicted octanol–water partition coefficient (Wildman–Crippen LogP) is 6.12. The number of nitrogens with zero attached hydrogens (tertiary/aromatic N) is 2. The van der Waals surface area contributed by atoms with E-state index in [1.165, 1.54) is 18.4 Å². The Kier molecular flexibility index (Phi) is 6.50. The van der Waals surface area contributed by atoms with Gasteiger partial charge in [0.25, 0.3) is 0 Å². The number of hydrogen-bond acceptors (Lipinski definition) is 6. The fourth-order valence-corrected chi connectivity index (χ4v) is 11.2. The number of esters is 1. The van der Waals surface area contributed by atoms with Gasteiger partial charge >= 0.3 is 5.97 Å². The minimum atomic E-state index is -0.531. The number of fused-ring (bicyclic) bond motifs is 4. The molecule has 1 aromatic rings. The number of carbonyl (C=O) groups excluding carboxylic acids is 2. The molecule has 6 nitrogen and oxygen atoms in total. The number of ketones is 1. The van der Waals surface area contributed by atoms with E-state index in [0.29, 0.717) is 36.1 Å². The van der Waals surface area contributed by atoms with Crippen LogP contribution < -0.4 is 0 Å². The van der Waals surface area contributed by atoms with E-state index in [2.05, 4.69) is 45.7 Å². The molecule has 3 saturated carbocycles. The summed E-state index contributed by atoms with van der Waals surface area (Å²) in [5.41, 5.74) is 2.87. The number of pyridine rings is 1. The van der Waals surface area contributed by atoms with Crippen LogP contribution in [0.2, 0.25) is 0 Å². The van der Waals surface area contributed by atoms with Crippen LogP contribution in [0.25, 0.3) is 5.57 Å². The number of hydrogen-bond donors (Lipinski definition) is 0. The van der Waals surface area contributed by atoms with Crippen molar-refractivity contribution in [3.63, 3.8) is 0 Å². The van der Waals surface area contributed by atoms with Crippen LogP contribution in [-0.2, 0) is 19.1 Å². The molecule has 226 valence electrons. The van der Waals surface area contributed by atoms with Crippen molar-refractivity contribution in [1.82, 2.24) is 9.88 Å². The minimum absolute atomic E-state index is 0.0585. The van der Waals surface area contributed by atoms with Gasteiger partial charge in [0.2, 0.25) is 0 Å². The van der Waals surface area contributed by atoms with E-state index in [9.17, 15) is 9.59 Å². The van der Waals surface area contributed by atoms with Crippen LogP contribution in [0.1, 0.15) is 78.8 Å². The first kappa shape index (κ1) is 28.5. The minimum Gasteiger partial charge on any atom is -0.458 e. The highest BCUT2D eigenvalue weighted by Gasteiger charge is 2.80. The van der Waals surface area contributed by atoms with E-state index in [1.54, 1.807) is 6.20 Å². The second-order valence-corrected chi connectivity index (χ2v) is 15.4. The Morgan fingerprint density at radius 1 is 1.12 bits per heavy atom. The Bertz CT molecular complexity index is 1370. The quantitative estimate of drug-likeness (QED) is 0.313. The van der Waals surface area contributed by atoms with Crippen molar-refractivity contribution in [3.05, 3.63) is 47.3 Å². The summed E-state index contributed by atoms with van der Waals surface area (Å²) in [5.74, 6) is 2.48. The summed E-state index contributed by atoms with van der Waals surface area (Å²) in [5, 5.41) is 0. The summed E-state index contributed by atoms with van der Waals surface area (Å²) in [6.45, 7) is 12.1. The maximum Gasteiger partial charge on any atom is 0.335 e. The molecule has 11 atom stereocenters. The van der Waals surface area contributed by atoms with E-state index >= 15 is 0 Å². The summed E-state index contributed by atoms with van der Waals surface area (Å²) in [6.07, 6.45) is 10.5. The zero-order valence-corrected chi connectivity index (χ0v) is 26.5. The van der Waals surface area contributed by atoms with Crippen molar-refractivity contribution in [2.24, 2.45) is 46.3 Å². The largest absolute Gasteiger partial charge is 0.458 e. The van der Waals surface area contributed by atoms with E-state index in [1.807, 2.05) is 37.2 Å². The molecule has 4 aliphatic carbocycles. The number of aromatic nitrogens is 1. The molecule has 1 saturated heterocycles. The number of carbonyl (C=O) groups is 2. The zero-order chi connectivity index (χ0) is 29.8. The average Bonchev–Trinajstić information content (AvgIpc) is 3.59. The Morgan fingerprint density at radius 2 is 1.90 bits per heavy atom. The van der Waals surface area contributed by atoms with Gasteiger partial charge in [0.1, 0.15) is 11.7 Å². The standard InChI is InChI=1S/C36H48N2O4/c1-20-16-30(41-33(40)25(20)19-38(6)7)22(3)26-11-12-27-23-18-31-36(42-31)21(2)17-24(29-10-8-9-15-37-29)32(39)35(36,5)28(23)13-14-34(26,27)4/h8-10,15,17,21-23,26-28,30-31H,11-14,16,18-19H2,1-7H3/t21-,22-,23-,26?,27?,28?,30+,31+,34+,35-,36+/m0/s1. The normalized spacial score (nSPS) is 45.0. The van der Waals surface area contributed by atoms with Gasteiger partial charge < -0.3 is 14.4 Å². The van der Waals surface area contributed by atoms with Crippen molar-refractivity contribution in [2.45, 2.75) is 91.0 Å². The zero-order valence-electron chi connectivity index (χ0n) is 26.5. The number of allylic oxidation sites excluding steroid dienone is 1. The maximum atomic E-state index is 14.6. The molecule has 2 aliphatic heterocycles. The smallest absolute Gasteiger partial charge is 0.335 e. The highest BCUT2D eigenvalue weighted by Crippen LogP contribution is 2.74. The summed E-state index contributed by atoms with van der Waals surface area (Å²) in [6, 6.07) is 5.86. The molecule has 1 spiro atoms. The van der Waals surface area contributed by atoms with Gasteiger partial charge in [0, 0.05) is 30.7 Å². The van der Waals surface area contributed by atoms with Crippen LogP contribution in [-0.4, -0.2) is 60.1 Å². The van der Waals surface area contributed by atoms with Crippen molar-refractivity contribution < 1.29 is 19.1 Å². The molecule has 42 heavy (non-hydrogen) atoms. The fraction of sp³-hybridized carbons (Fsp3) is 0.694. The molecule has 3 unspecified atom stereocenters. The summed E-state index contributed by atoms with van der Waals surface area (Å²) < 4.78 is 12.9. The molecule has 7 rings (SSSR count). The van der Waals surface area contributed by atoms with Gasteiger partial charge in [-0.25, -0.2) is 4.79 Å². The van der Waals surface area contributed by atoms with E-state index in [4.69, 9.17) is 9.47 Å². The molecule has 0 bridgehead atoms. The summed E-state index contributed by atoms with van der Waals surface area (Å²) >= 11 is 0. The number of likely N-dealkylation sites (N-methyl/N-ethyl adjacent to an activating group) is 1.